The summed E-state index contributed by atoms with van der Waals surface area (Å²) in [5.41, 5.74) is 17.9. The maximum Gasteiger partial charge on any atom is 0.0462 e. The van der Waals surface area contributed by atoms with Crippen molar-refractivity contribution in [1.29, 1.82) is 0 Å². The summed E-state index contributed by atoms with van der Waals surface area (Å²) < 4.78 is 0. The van der Waals surface area contributed by atoms with Gasteiger partial charge in [0.05, 0.1) is 0 Å². The first kappa shape index (κ1) is 41.9. The van der Waals surface area contributed by atoms with Gasteiger partial charge in [0.1, 0.15) is 0 Å². The standard InChI is InChI=1S/C70H47N/c1-6-20-50(21-7-1)67-59-30-16-18-32-61(59)69(52-24-10-3-11-25-52)65-46-54(38-44-63(65)67)48-34-40-57(41-35-48)71(56-28-14-5-15-29-56)58-42-36-49(37-43-58)55-39-45-64-66(47-55)70(53-26-12-4-13-27-53)62-33-19-17-31-60(62)68(64)51-22-8-2-9-23-51/h1-47H. The number of nitrogens with zero attached hydrogens (tertiary/aromatic N) is 1. The summed E-state index contributed by atoms with van der Waals surface area (Å²) in [6.45, 7) is 0. The smallest absolute Gasteiger partial charge is 0.0462 e. The first-order chi connectivity index (χ1) is 35.2. The Morgan fingerprint density at radius 3 is 0.718 bits per heavy atom. The highest BCUT2D eigenvalue weighted by Crippen LogP contribution is 2.47. The summed E-state index contributed by atoms with van der Waals surface area (Å²) in [5, 5.41) is 10.0. The zero-order valence-corrected chi connectivity index (χ0v) is 39.1. The molecule has 1 nitrogen and oxygen atoms in total. The predicted octanol–water partition coefficient (Wildman–Crippen LogP) is 19.8. The van der Waals surface area contributed by atoms with Crippen molar-refractivity contribution in [2.45, 2.75) is 0 Å². The lowest BCUT2D eigenvalue weighted by atomic mass is 9.85. The Hall–Kier alpha value is -9.30. The number of para-hydroxylation sites is 1. The van der Waals surface area contributed by atoms with Gasteiger partial charge in [0.2, 0.25) is 0 Å². The van der Waals surface area contributed by atoms with Crippen LogP contribution in [0.4, 0.5) is 17.1 Å². The molecule has 0 saturated carbocycles. The second-order valence-electron chi connectivity index (χ2n) is 18.3. The van der Waals surface area contributed by atoms with Gasteiger partial charge < -0.3 is 4.90 Å². The van der Waals surface area contributed by atoms with Gasteiger partial charge in [-0.2, -0.15) is 0 Å². The van der Waals surface area contributed by atoms with Gasteiger partial charge in [-0.25, -0.2) is 0 Å². The van der Waals surface area contributed by atoms with Crippen LogP contribution in [0, 0.1) is 0 Å². The summed E-state index contributed by atoms with van der Waals surface area (Å²) >= 11 is 0. The lowest BCUT2D eigenvalue weighted by Gasteiger charge is -2.26. The highest BCUT2D eigenvalue weighted by Gasteiger charge is 2.20. The third-order valence-corrected chi connectivity index (χ3v) is 14.2. The fourth-order valence-corrected chi connectivity index (χ4v) is 11.0. The van der Waals surface area contributed by atoms with Crippen LogP contribution in [0.5, 0.6) is 0 Å². The molecule has 0 unspecified atom stereocenters. The van der Waals surface area contributed by atoms with Gasteiger partial charge in [-0.1, -0.05) is 237 Å². The van der Waals surface area contributed by atoms with Crippen LogP contribution >= 0.6 is 0 Å². The Morgan fingerprint density at radius 2 is 0.394 bits per heavy atom. The van der Waals surface area contributed by atoms with Crippen molar-refractivity contribution in [3.63, 3.8) is 0 Å². The molecule has 0 amide bonds. The van der Waals surface area contributed by atoms with Gasteiger partial charge in [-0.3, -0.25) is 0 Å². The second kappa shape index (κ2) is 18.0. The van der Waals surface area contributed by atoms with Crippen LogP contribution in [-0.2, 0) is 0 Å². The monoisotopic (exact) mass is 901 g/mol. The molecule has 13 aromatic carbocycles. The molecule has 0 saturated heterocycles. The van der Waals surface area contributed by atoms with E-state index in [0.29, 0.717) is 0 Å². The van der Waals surface area contributed by atoms with Gasteiger partial charge in [-0.05, 0) is 158 Å². The van der Waals surface area contributed by atoms with Crippen molar-refractivity contribution in [3.8, 4) is 66.8 Å². The molecule has 0 atom stereocenters. The molecule has 13 aromatic rings. The molecule has 0 spiro atoms. The van der Waals surface area contributed by atoms with Crippen LogP contribution in [0.15, 0.2) is 285 Å². The molecule has 1 heteroatoms. The topological polar surface area (TPSA) is 3.24 Å². The summed E-state index contributed by atoms with van der Waals surface area (Å²) in [4.78, 5) is 2.35. The summed E-state index contributed by atoms with van der Waals surface area (Å²) in [6.07, 6.45) is 0. The van der Waals surface area contributed by atoms with Crippen molar-refractivity contribution < 1.29 is 0 Å². The van der Waals surface area contributed by atoms with Crippen LogP contribution in [0.2, 0.25) is 0 Å². The SMILES string of the molecule is c1ccc(-c2c3ccccc3c(-c3ccccc3)c3cc(-c4ccc(N(c5ccccc5)c5ccc(-c6ccc7c(-c8ccccc8)c8ccccc8c(-c8ccccc8)c7c6)cc5)cc4)ccc23)cc1. The van der Waals surface area contributed by atoms with Crippen LogP contribution in [0.1, 0.15) is 0 Å². The quantitative estimate of drug-likeness (QED) is 0.131. The largest absolute Gasteiger partial charge is 0.311 e. The third kappa shape index (κ3) is 7.53. The van der Waals surface area contributed by atoms with Crippen molar-refractivity contribution in [1.82, 2.24) is 0 Å². The number of hydrogen-bond donors (Lipinski definition) is 0. The van der Waals surface area contributed by atoms with Gasteiger partial charge in [0.25, 0.3) is 0 Å². The molecule has 71 heavy (non-hydrogen) atoms. The second-order valence-corrected chi connectivity index (χ2v) is 18.3. The average molecular weight is 902 g/mol. The van der Waals surface area contributed by atoms with Gasteiger partial charge in [-0.15, -0.1) is 0 Å². The van der Waals surface area contributed by atoms with E-state index in [9.17, 15) is 0 Å². The Kier molecular flexibility index (Phi) is 10.6. The molecule has 0 bridgehead atoms. The minimum absolute atomic E-state index is 1.09. The number of anilines is 3. The minimum atomic E-state index is 1.09. The molecule has 0 heterocycles. The third-order valence-electron chi connectivity index (χ3n) is 14.2. The summed E-state index contributed by atoms with van der Waals surface area (Å²) in [5.74, 6) is 0. The molecule has 0 aliphatic carbocycles. The summed E-state index contributed by atoms with van der Waals surface area (Å²) in [6, 6.07) is 104. The van der Waals surface area contributed by atoms with Crippen LogP contribution in [-0.4, -0.2) is 0 Å². The fraction of sp³-hybridized carbons (Fsp3) is 0. The molecule has 0 fully saturated rings. The van der Waals surface area contributed by atoms with Crippen LogP contribution in [0.3, 0.4) is 0 Å². The number of benzene rings is 13. The Balaban J connectivity index is 0.900. The first-order valence-electron chi connectivity index (χ1n) is 24.5. The zero-order chi connectivity index (χ0) is 47.1. The fourth-order valence-electron chi connectivity index (χ4n) is 11.0. The maximum atomic E-state index is 2.40. The van der Waals surface area contributed by atoms with Crippen molar-refractivity contribution in [2.75, 3.05) is 4.90 Å². The van der Waals surface area contributed by atoms with E-state index < -0.39 is 0 Å². The van der Waals surface area contributed by atoms with Crippen molar-refractivity contribution >= 4 is 60.2 Å². The number of fused-ring (bicyclic) bond motifs is 4. The highest BCUT2D eigenvalue weighted by atomic mass is 15.1. The first-order valence-corrected chi connectivity index (χ1v) is 24.5. The molecule has 0 aromatic heterocycles. The lowest BCUT2D eigenvalue weighted by molar-refractivity contribution is 1.28. The lowest BCUT2D eigenvalue weighted by Crippen LogP contribution is -2.09. The molecule has 0 radical (unpaired) electrons. The van der Waals surface area contributed by atoms with E-state index in [0.717, 1.165) is 17.1 Å². The van der Waals surface area contributed by atoms with E-state index >= 15 is 0 Å². The van der Waals surface area contributed by atoms with Gasteiger partial charge >= 0.3 is 0 Å². The zero-order valence-electron chi connectivity index (χ0n) is 39.1. The maximum absolute atomic E-state index is 2.40. The molecular weight excluding hydrogens is 855 g/mol. The van der Waals surface area contributed by atoms with Crippen LogP contribution < -0.4 is 4.90 Å². The van der Waals surface area contributed by atoms with E-state index in [1.54, 1.807) is 0 Å². The molecule has 0 N–H and O–H groups in total. The van der Waals surface area contributed by atoms with Gasteiger partial charge in [0.15, 0.2) is 0 Å². The molecule has 0 aliphatic rings. The van der Waals surface area contributed by atoms with E-state index in [-0.39, 0.29) is 0 Å². The predicted molar refractivity (Wildman–Crippen MR) is 304 cm³/mol. The van der Waals surface area contributed by atoms with Crippen molar-refractivity contribution in [3.05, 3.63) is 285 Å². The van der Waals surface area contributed by atoms with E-state index in [1.807, 2.05) is 0 Å². The Bertz CT molecular complexity index is 3790. The number of rotatable bonds is 9. The molecule has 332 valence electrons. The Morgan fingerprint density at radius 1 is 0.155 bits per heavy atom. The van der Waals surface area contributed by atoms with E-state index in [4.69, 9.17) is 0 Å². The normalized spacial score (nSPS) is 11.4. The Labute approximate surface area is 414 Å². The minimum Gasteiger partial charge on any atom is -0.311 e. The molecular formula is C70H47N. The van der Waals surface area contributed by atoms with Gasteiger partial charge in [0, 0.05) is 17.1 Å². The molecule has 13 rings (SSSR count). The van der Waals surface area contributed by atoms with E-state index in [2.05, 4.69) is 290 Å². The number of hydrogen-bond acceptors (Lipinski definition) is 1. The van der Waals surface area contributed by atoms with Crippen LogP contribution in [0.25, 0.3) is 110 Å². The van der Waals surface area contributed by atoms with Crippen molar-refractivity contribution in [2.24, 2.45) is 0 Å². The van der Waals surface area contributed by atoms with E-state index in [1.165, 1.54) is 110 Å². The molecule has 0 aliphatic heterocycles. The summed E-state index contributed by atoms with van der Waals surface area (Å²) in [7, 11) is 0. The average Bonchev–Trinajstić information content (AvgIpc) is 3.45. The highest BCUT2D eigenvalue weighted by molar-refractivity contribution is 6.23.